The Morgan fingerprint density at radius 1 is 1.53 bits per heavy atom. The third-order valence-corrected chi connectivity index (χ3v) is 2.60. The van der Waals surface area contributed by atoms with Crippen LogP contribution < -0.4 is 5.32 Å². The molecule has 4 nitrogen and oxygen atoms in total. The lowest BCUT2D eigenvalue weighted by atomic mass is 9.94. The molecule has 1 saturated heterocycles. The topological polar surface area (TPSA) is 55.2 Å². The smallest absolute Gasteiger partial charge is 0.304 e. The van der Waals surface area contributed by atoms with Gasteiger partial charge in [0.1, 0.15) is 0 Å². The molecule has 1 aliphatic rings. The van der Waals surface area contributed by atoms with Crippen LogP contribution in [0.2, 0.25) is 0 Å². The van der Waals surface area contributed by atoms with Crippen molar-refractivity contribution >= 4 is 5.69 Å². The fraction of sp³-hybridized carbons (Fsp3) is 0.400. The zero-order valence-electron chi connectivity index (χ0n) is 8.07. The largest absolute Gasteiger partial charge is 0.316 e. The number of halogens is 1. The van der Waals surface area contributed by atoms with Crippen molar-refractivity contribution in [3.05, 3.63) is 39.7 Å². The van der Waals surface area contributed by atoms with Crippen LogP contribution in [0.15, 0.2) is 18.2 Å². The van der Waals surface area contributed by atoms with E-state index < -0.39 is 16.4 Å². The molecule has 80 valence electrons. The van der Waals surface area contributed by atoms with Gasteiger partial charge < -0.3 is 5.32 Å². The van der Waals surface area contributed by atoms with Gasteiger partial charge in [-0.2, -0.15) is 4.39 Å². The summed E-state index contributed by atoms with van der Waals surface area (Å²) in [6.07, 6.45) is 0.780. The molecule has 1 aromatic carbocycles. The fourth-order valence-electron chi connectivity index (χ4n) is 1.65. The monoisotopic (exact) mass is 210 g/mol. The Hall–Kier alpha value is -1.49. The zero-order chi connectivity index (χ0) is 10.8. The molecule has 0 radical (unpaired) electrons. The molecule has 1 fully saturated rings. The summed E-state index contributed by atoms with van der Waals surface area (Å²) in [6.45, 7) is 1.89. The molecule has 1 N–H and O–H groups in total. The molecule has 0 saturated carbocycles. The van der Waals surface area contributed by atoms with Crippen molar-refractivity contribution in [2.75, 3.05) is 13.1 Å². The Kier molecular flexibility index (Phi) is 2.64. The van der Waals surface area contributed by atoms with Gasteiger partial charge in [0.2, 0.25) is 5.82 Å². The number of benzene rings is 1. The summed E-state index contributed by atoms with van der Waals surface area (Å²) in [5, 5.41) is 13.5. The van der Waals surface area contributed by atoms with Crippen molar-refractivity contribution in [2.45, 2.75) is 6.42 Å². The van der Waals surface area contributed by atoms with E-state index in [4.69, 9.17) is 0 Å². The van der Waals surface area contributed by atoms with Crippen LogP contribution in [-0.2, 0) is 6.42 Å². The quantitative estimate of drug-likeness (QED) is 0.607. The third-order valence-electron chi connectivity index (χ3n) is 2.60. The summed E-state index contributed by atoms with van der Waals surface area (Å²) in [5.41, 5.74) is 0.370. The Morgan fingerprint density at radius 2 is 2.27 bits per heavy atom. The lowest BCUT2D eigenvalue weighted by Gasteiger charge is -2.26. The Balaban J connectivity index is 2.13. The molecule has 0 aromatic heterocycles. The summed E-state index contributed by atoms with van der Waals surface area (Å²) in [6, 6.07) is 4.12. The average molecular weight is 210 g/mol. The molecular weight excluding hydrogens is 199 g/mol. The van der Waals surface area contributed by atoms with Crippen LogP contribution in [0.5, 0.6) is 0 Å². The van der Waals surface area contributed by atoms with Crippen molar-refractivity contribution < 1.29 is 9.31 Å². The Labute approximate surface area is 86.3 Å². The molecule has 0 spiro atoms. The standard InChI is InChI=1S/C10H11FN2O2/c11-9-4-7(3-8-5-12-6-8)1-2-10(9)13(14)15/h1-2,4,8,12H,3,5-6H2. The van der Waals surface area contributed by atoms with E-state index in [2.05, 4.69) is 5.32 Å². The second-order valence-corrected chi connectivity index (χ2v) is 3.77. The summed E-state index contributed by atoms with van der Waals surface area (Å²) in [4.78, 5) is 9.67. The SMILES string of the molecule is O=[N+]([O-])c1ccc(CC2CNC2)cc1F. The number of hydrogen-bond acceptors (Lipinski definition) is 3. The summed E-state index contributed by atoms with van der Waals surface area (Å²) in [5.74, 6) is -0.212. The summed E-state index contributed by atoms with van der Waals surface area (Å²) < 4.78 is 13.2. The highest BCUT2D eigenvalue weighted by atomic mass is 19.1. The second kappa shape index (κ2) is 3.94. The number of hydrogen-bond donors (Lipinski definition) is 1. The van der Waals surface area contributed by atoms with Gasteiger partial charge in [-0.15, -0.1) is 0 Å². The molecule has 1 aromatic rings. The normalized spacial score (nSPS) is 16.1. The molecule has 0 unspecified atom stereocenters. The van der Waals surface area contributed by atoms with E-state index in [1.807, 2.05) is 0 Å². The second-order valence-electron chi connectivity index (χ2n) is 3.77. The van der Waals surface area contributed by atoms with E-state index in [9.17, 15) is 14.5 Å². The van der Waals surface area contributed by atoms with Crippen molar-refractivity contribution in [3.8, 4) is 0 Å². The zero-order valence-corrected chi connectivity index (χ0v) is 8.07. The van der Waals surface area contributed by atoms with Gasteiger partial charge in [-0.1, -0.05) is 6.07 Å². The van der Waals surface area contributed by atoms with Crippen molar-refractivity contribution in [3.63, 3.8) is 0 Å². The van der Waals surface area contributed by atoms with Gasteiger partial charge in [-0.05, 0) is 37.1 Å². The van der Waals surface area contributed by atoms with Crippen LogP contribution in [0, 0.1) is 21.8 Å². The number of nitrogens with one attached hydrogen (secondary N) is 1. The van der Waals surface area contributed by atoms with Crippen molar-refractivity contribution in [2.24, 2.45) is 5.92 Å². The number of rotatable bonds is 3. The highest BCUT2D eigenvalue weighted by Gasteiger charge is 2.19. The first kappa shape index (κ1) is 10.0. The van der Waals surface area contributed by atoms with Gasteiger partial charge in [0.05, 0.1) is 4.92 Å². The fourth-order valence-corrected chi connectivity index (χ4v) is 1.65. The minimum Gasteiger partial charge on any atom is -0.316 e. The predicted molar refractivity (Wildman–Crippen MR) is 53.1 cm³/mol. The van der Waals surface area contributed by atoms with Crippen LogP contribution in [-0.4, -0.2) is 18.0 Å². The van der Waals surface area contributed by atoms with Crippen LogP contribution in [0.4, 0.5) is 10.1 Å². The van der Waals surface area contributed by atoms with E-state index in [1.54, 1.807) is 6.07 Å². The summed E-state index contributed by atoms with van der Waals surface area (Å²) in [7, 11) is 0. The molecule has 1 aliphatic heterocycles. The predicted octanol–water partition coefficient (Wildman–Crippen LogP) is 1.50. The molecule has 0 aliphatic carbocycles. The molecular formula is C10H11FN2O2. The van der Waals surface area contributed by atoms with Gasteiger partial charge in [-0.25, -0.2) is 0 Å². The molecule has 0 atom stereocenters. The molecule has 1 heterocycles. The molecule has 2 rings (SSSR count). The highest BCUT2D eigenvalue weighted by Crippen LogP contribution is 2.20. The third kappa shape index (κ3) is 2.12. The Bertz CT molecular complexity index is 391. The van der Waals surface area contributed by atoms with Crippen molar-refractivity contribution in [1.29, 1.82) is 0 Å². The van der Waals surface area contributed by atoms with E-state index in [0.717, 1.165) is 25.1 Å². The first-order chi connectivity index (χ1) is 7.16. The molecule has 5 heteroatoms. The number of nitrogens with zero attached hydrogens (tertiary/aromatic N) is 1. The minimum atomic E-state index is -0.746. The number of nitro groups is 1. The first-order valence-corrected chi connectivity index (χ1v) is 4.80. The summed E-state index contributed by atoms with van der Waals surface area (Å²) >= 11 is 0. The van der Waals surface area contributed by atoms with Gasteiger partial charge >= 0.3 is 5.69 Å². The molecule has 15 heavy (non-hydrogen) atoms. The Morgan fingerprint density at radius 3 is 2.73 bits per heavy atom. The van der Waals surface area contributed by atoms with Crippen LogP contribution in [0.25, 0.3) is 0 Å². The van der Waals surface area contributed by atoms with Gasteiger partial charge in [-0.3, -0.25) is 10.1 Å². The van der Waals surface area contributed by atoms with E-state index in [-0.39, 0.29) is 0 Å². The number of nitro benzene ring substituents is 1. The maximum absolute atomic E-state index is 13.2. The van der Waals surface area contributed by atoms with E-state index in [0.29, 0.717) is 5.92 Å². The van der Waals surface area contributed by atoms with E-state index >= 15 is 0 Å². The maximum atomic E-state index is 13.2. The van der Waals surface area contributed by atoms with Crippen molar-refractivity contribution in [1.82, 2.24) is 5.32 Å². The van der Waals surface area contributed by atoms with Gasteiger partial charge in [0, 0.05) is 6.07 Å². The van der Waals surface area contributed by atoms with Gasteiger partial charge in [0.15, 0.2) is 0 Å². The first-order valence-electron chi connectivity index (χ1n) is 4.80. The van der Waals surface area contributed by atoms with E-state index in [1.165, 1.54) is 12.1 Å². The molecule has 0 amide bonds. The maximum Gasteiger partial charge on any atom is 0.304 e. The van der Waals surface area contributed by atoms with Crippen LogP contribution in [0.1, 0.15) is 5.56 Å². The highest BCUT2D eigenvalue weighted by molar-refractivity contribution is 5.35. The average Bonchev–Trinajstić information content (AvgIpc) is 2.11. The minimum absolute atomic E-state index is 0.453. The lowest BCUT2D eigenvalue weighted by molar-refractivity contribution is -0.387. The molecule has 0 bridgehead atoms. The van der Waals surface area contributed by atoms with Crippen LogP contribution >= 0.6 is 0 Å². The lowest BCUT2D eigenvalue weighted by Crippen LogP contribution is -2.43. The van der Waals surface area contributed by atoms with Gasteiger partial charge in [0.25, 0.3) is 0 Å². The van der Waals surface area contributed by atoms with Crippen LogP contribution in [0.3, 0.4) is 0 Å².